The van der Waals surface area contributed by atoms with E-state index in [1.807, 2.05) is 6.92 Å². The van der Waals surface area contributed by atoms with E-state index in [2.05, 4.69) is 5.43 Å². The number of nitrogens with two attached hydrogens (primary N) is 2. The molecule has 42 valence electrons. The molecular weight excluding hydrogens is 318 g/mol. The van der Waals surface area contributed by atoms with E-state index in [4.69, 9.17) is 11.7 Å². The smallest absolute Gasteiger partial charge is 0.0101 e. The third kappa shape index (κ3) is 10.9. The second-order valence-electron chi connectivity index (χ2n) is 0.919. The number of nitrogens with zero attached hydrogens (tertiary/aromatic N) is 1. The van der Waals surface area contributed by atoms with Crippen molar-refractivity contribution >= 4 is 0 Å². The topological polar surface area (TPSA) is 67.3 Å². The van der Waals surface area contributed by atoms with Crippen LogP contribution in [0.5, 0.6) is 0 Å². The van der Waals surface area contributed by atoms with Crippen molar-refractivity contribution in [3.8, 4) is 0 Å². The summed E-state index contributed by atoms with van der Waals surface area (Å²) in [7, 11) is 0. The molecule has 0 heterocycles. The summed E-state index contributed by atoms with van der Waals surface area (Å²) in [4.78, 5) is 0. The fraction of sp³-hybridized carbons (Fsp3) is 1.00. The molecule has 0 saturated heterocycles. The Hall–Kier alpha value is 0.892. The normalized spacial score (nSPS) is 8.57. The van der Waals surface area contributed by atoms with Gasteiger partial charge in [-0.15, -0.1) is 5.23 Å². The van der Waals surface area contributed by atoms with Crippen molar-refractivity contribution in [1.29, 1.82) is 0 Å². The van der Waals surface area contributed by atoms with Crippen LogP contribution in [0.3, 0.4) is 0 Å². The number of hydrazine groups is 3. The summed E-state index contributed by atoms with van der Waals surface area (Å²) in [6.45, 7) is 2.67. The van der Waals surface area contributed by atoms with Gasteiger partial charge < -0.3 is 0 Å². The van der Waals surface area contributed by atoms with E-state index in [0.29, 0.717) is 0 Å². The maximum Gasteiger partial charge on any atom is 0.0101 e. The molecule has 0 radical (unpaired) electrons. The zero-order valence-corrected chi connectivity index (χ0v) is 8.47. The molecule has 0 aromatic rings. The maximum absolute atomic E-state index is 4.90. The average Bonchev–Trinajstić information content (AvgIpc) is 1.35. The van der Waals surface area contributed by atoms with Crippen LogP contribution in [-0.4, -0.2) is 11.8 Å². The number of hydrogen-bond acceptors (Lipinski definition) is 4. The summed E-state index contributed by atoms with van der Waals surface area (Å²) in [5.41, 5.74) is 2.60. The van der Waals surface area contributed by atoms with Crippen molar-refractivity contribution in [1.82, 2.24) is 10.7 Å². The molecule has 4 nitrogen and oxygen atoms in total. The summed E-state index contributed by atoms with van der Waals surface area (Å²) < 4.78 is 0. The first-order chi connectivity index (χ1) is 2.77. The molecule has 5 heteroatoms. The molecule has 0 saturated carbocycles. The summed E-state index contributed by atoms with van der Waals surface area (Å²) in [6.07, 6.45) is 0. The van der Waals surface area contributed by atoms with Gasteiger partial charge in [-0.2, -0.15) is 0 Å². The van der Waals surface area contributed by atoms with Crippen LogP contribution in [0.4, 0.5) is 0 Å². The third-order valence-electron chi connectivity index (χ3n) is 0.341. The minimum Gasteiger partial charge on any atom is -0.241 e. The largest absolute Gasteiger partial charge is 0.241 e. The van der Waals surface area contributed by atoms with Crippen LogP contribution in [0.1, 0.15) is 6.92 Å². The first-order valence-corrected chi connectivity index (χ1v) is 1.80. The fourth-order valence-corrected chi connectivity index (χ4v) is 0.183. The number of nitrogens with one attached hydrogen (secondary N) is 1. The molecule has 0 spiro atoms. The van der Waals surface area contributed by atoms with E-state index < -0.39 is 0 Å². The molecule has 0 amide bonds. The van der Waals surface area contributed by atoms with Gasteiger partial charge in [0.25, 0.3) is 0 Å². The van der Waals surface area contributed by atoms with E-state index in [9.17, 15) is 0 Å². The van der Waals surface area contributed by atoms with Gasteiger partial charge in [-0.1, -0.05) is 6.92 Å². The van der Waals surface area contributed by atoms with Gasteiger partial charge in [0.05, 0.1) is 0 Å². The van der Waals surface area contributed by atoms with E-state index in [1.54, 1.807) is 0 Å². The summed E-state index contributed by atoms with van der Waals surface area (Å²) >= 11 is 0. The molecule has 0 fully saturated rings. The van der Waals surface area contributed by atoms with Crippen LogP contribution in [-0.2, 0) is 0 Å². The fourth-order valence-electron chi connectivity index (χ4n) is 0.183. The average molecular weight is 328 g/mol. The molecule has 0 atom stereocenters. The van der Waals surface area contributed by atoms with Gasteiger partial charge in [-0.05, 0) is 0 Å². The Morgan fingerprint density at radius 3 is 2.00 bits per heavy atom. The van der Waals surface area contributed by atoms with Crippen LogP contribution >= 0.6 is 0 Å². The monoisotopic (exact) mass is 328 g/mol. The third-order valence-corrected chi connectivity index (χ3v) is 0.341. The Labute approximate surface area is 66.9 Å². The van der Waals surface area contributed by atoms with Crippen molar-refractivity contribution in [2.24, 2.45) is 11.7 Å². The Balaban J connectivity index is 0. The predicted molar refractivity (Wildman–Crippen MR) is 23.9 cm³/mol. The quantitative estimate of drug-likeness (QED) is 0.429. The Morgan fingerprint density at radius 2 is 2.00 bits per heavy atom. The van der Waals surface area contributed by atoms with Crippen molar-refractivity contribution in [2.45, 2.75) is 6.92 Å². The van der Waals surface area contributed by atoms with Gasteiger partial charge in [-0.3, -0.25) is 0 Å². The van der Waals surface area contributed by atoms with Gasteiger partial charge in [0.2, 0.25) is 0 Å². The van der Waals surface area contributed by atoms with Crippen LogP contribution < -0.4 is 17.1 Å². The molecular formula is C2H10N4U. The first-order valence-electron chi connectivity index (χ1n) is 1.80. The van der Waals surface area contributed by atoms with Gasteiger partial charge in [-0.25, -0.2) is 17.1 Å². The molecule has 0 unspecified atom stereocenters. The van der Waals surface area contributed by atoms with E-state index in [0.717, 1.165) is 11.8 Å². The molecule has 0 aliphatic heterocycles. The minimum atomic E-state index is 0. The van der Waals surface area contributed by atoms with Gasteiger partial charge >= 0.3 is 0 Å². The second-order valence-corrected chi connectivity index (χ2v) is 0.919. The van der Waals surface area contributed by atoms with Gasteiger partial charge in [0.15, 0.2) is 0 Å². The van der Waals surface area contributed by atoms with E-state index in [1.165, 1.54) is 0 Å². The molecule has 0 aliphatic rings. The van der Waals surface area contributed by atoms with Crippen LogP contribution in [0, 0.1) is 31.1 Å². The Bertz CT molecular complexity index is 30.9. The zero-order chi connectivity index (χ0) is 4.99. The van der Waals surface area contributed by atoms with Crippen LogP contribution in [0.2, 0.25) is 0 Å². The summed E-state index contributed by atoms with van der Waals surface area (Å²) in [5.74, 6) is 9.81. The van der Waals surface area contributed by atoms with E-state index in [-0.39, 0.29) is 31.1 Å². The predicted octanol–water partition coefficient (Wildman–Crippen LogP) is -1.44. The SMILES string of the molecule is CCNN(N)N.[U]. The maximum atomic E-state index is 4.90. The van der Waals surface area contributed by atoms with Crippen molar-refractivity contribution in [3.63, 3.8) is 0 Å². The molecule has 0 aromatic carbocycles. The van der Waals surface area contributed by atoms with Gasteiger partial charge in [0.1, 0.15) is 0 Å². The van der Waals surface area contributed by atoms with Crippen molar-refractivity contribution in [3.05, 3.63) is 0 Å². The minimum absolute atomic E-state index is 0. The summed E-state index contributed by atoms with van der Waals surface area (Å²) in [6, 6.07) is 0. The standard InChI is InChI=1S/C2H10N4.U/c1-2-5-6(3)4;/h5H,2-4H2,1H3;. The Kier molecular flexibility index (Phi) is 10.6. The van der Waals surface area contributed by atoms with Gasteiger partial charge in [0, 0.05) is 37.7 Å². The second kappa shape index (κ2) is 6.89. The van der Waals surface area contributed by atoms with E-state index >= 15 is 0 Å². The Morgan fingerprint density at radius 1 is 1.57 bits per heavy atom. The molecule has 0 aliphatic carbocycles. The number of hydrogen-bond donors (Lipinski definition) is 3. The number of rotatable bonds is 2. The molecule has 0 rings (SSSR count). The molecule has 5 N–H and O–H groups in total. The molecule has 0 bridgehead atoms. The van der Waals surface area contributed by atoms with Crippen LogP contribution in [0.25, 0.3) is 0 Å². The zero-order valence-electron chi connectivity index (χ0n) is 4.31. The van der Waals surface area contributed by atoms with Crippen LogP contribution in [0.15, 0.2) is 0 Å². The van der Waals surface area contributed by atoms with Crippen molar-refractivity contribution in [2.75, 3.05) is 6.54 Å². The molecule has 0 aromatic heterocycles. The van der Waals surface area contributed by atoms with Crippen molar-refractivity contribution < 1.29 is 31.1 Å². The molecule has 7 heavy (non-hydrogen) atoms. The summed E-state index contributed by atoms with van der Waals surface area (Å²) in [5, 5.41) is 0.931. The first kappa shape index (κ1) is 10.8.